The molecule has 1 atom stereocenters. The fourth-order valence-electron chi connectivity index (χ4n) is 4.23. The highest BCUT2D eigenvalue weighted by Gasteiger charge is 2.32. The van der Waals surface area contributed by atoms with Gasteiger partial charge in [0.2, 0.25) is 0 Å². The smallest absolute Gasteiger partial charge is 0.292 e. The van der Waals surface area contributed by atoms with Crippen LogP contribution in [0.1, 0.15) is 70.6 Å². The number of thiophene rings is 1. The topological polar surface area (TPSA) is 75.3 Å². The molecule has 0 bridgehead atoms. The first-order valence-corrected chi connectivity index (χ1v) is 12.1. The number of nitrogens with zero attached hydrogens (tertiary/aromatic N) is 1. The minimum Gasteiger partial charge on any atom is -0.486 e. The number of carbonyl (C=O) groups excluding carboxylic acids is 1. The van der Waals surface area contributed by atoms with Crippen LogP contribution in [-0.2, 0) is 19.4 Å². The summed E-state index contributed by atoms with van der Waals surface area (Å²) in [5, 5.41) is 13.3. The van der Waals surface area contributed by atoms with Crippen LogP contribution >= 0.6 is 11.3 Å². The number of rotatable bonds is 5. The third-order valence-corrected chi connectivity index (χ3v) is 7.74. The number of nitriles is 1. The molecule has 6 heteroatoms. The van der Waals surface area contributed by atoms with Gasteiger partial charge in [-0.15, -0.1) is 11.3 Å². The van der Waals surface area contributed by atoms with Gasteiger partial charge in [-0.25, -0.2) is 0 Å². The Balaban J connectivity index is 1.44. The number of hydrogen-bond donors (Lipinski definition) is 1. The van der Waals surface area contributed by atoms with E-state index in [4.69, 9.17) is 9.15 Å². The summed E-state index contributed by atoms with van der Waals surface area (Å²) in [5.41, 5.74) is 4.29. The van der Waals surface area contributed by atoms with Gasteiger partial charge in [0.1, 0.15) is 29.2 Å². The molecular formula is C27H30N2O3S. The third-order valence-electron chi connectivity index (χ3n) is 6.57. The zero-order valence-corrected chi connectivity index (χ0v) is 20.7. The summed E-state index contributed by atoms with van der Waals surface area (Å²) in [6.45, 7) is 11.1. The van der Waals surface area contributed by atoms with Crippen molar-refractivity contribution in [3.63, 3.8) is 0 Å². The average molecular weight is 463 g/mol. The van der Waals surface area contributed by atoms with Crippen molar-refractivity contribution in [2.75, 3.05) is 5.32 Å². The number of carbonyl (C=O) groups is 1. The average Bonchev–Trinajstić information content (AvgIpc) is 3.37. The lowest BCUT2D eigenvalue weighted by atomic mass is 9.72. The van der Waals surface area contributed by atoms with Crippen molar-refractivity contribution in [2.45, 2.75) is 60.5 Å². The first-order chi connectivity index (χ1) is 15.7. The molecule has 33 heavy (non-hydrogen) atoms. The van der Waals surface area contributed by atoms with Crippen LogP contribution in [0.25, 0.3) is 0 Å². The van der Waals surface area contributed by atoms with Crippen molar-refractivity contribution in [1.29, 1.82) is 5.26 Å². The molecule has 0 saturated heterocycles. The summed E-state index contributed by atoms with van der Waals surface area (Å²) in [4.78, 5) is 14.1. The highest BCUT2D eigenvalue weighted by atomic mass is 32.1. The first-order valence-electron chi connectivity index (χ1n) is 11.3. The molecule has 0 aliphatic heterocycles. The number of fused-ring (bicyclic) bond motifs is 1. The number of ether oxygens (including phenoxy) is 1. The van der Waals surface area contributed by atoms with E-state index in [0.29, 0.717) is 22.2 Å². The van der Waals surface area contributed by atoms with Crippen molar-refractivity contribution in [1.82, 2.24) is 0 Å². The van der Waals surface area contributed by atoms with E-state index < -0.39 is 0 Å². The minimum absolute atomic E-state index is 0.205. The normalized spacial score (nSPS) is 15.6. The molecule has 0 spiro atoms. The lowest BCUT2D eigenvalue weighted by Gasteiger charge is -2.33. The summed E-state index contributed by atoms with van der Waals surface area (Å²) in [5.74, 6) is 1.75. The van der Waals surface area contributed by atoms with E-state index in [1.807, 2.05) is 25.1 Å². The van der Waals surface area contributed by atoms with Crippen LogP contribution < -0.4 is 10.1 Å². The maximum absolute atomic E-state index is 12.8. The molecule has 1 amide bonds. The molecule has 0 unspecified atom stereocenters. The van der Waals surface area contributed by atoms with Crippen LogP contribution in [0.2, 0.25) is 0 Å². The van der Waals surface area contributed by atoms with Gasteiger partial charge in [-0.1, -0.05) is 26.8 Å². The Morgan fingerprint density at radius 3 is 2.73 bits per heavy atom. The zero-order valence-electron chi connectivity index (χ0n) is 19.9. The summed E-state index contributed by atoms with van der Waals surface area (Å²) < 4.78 is 11.5. The molecule has 0 radical (unpaired) electrons. The highest BCUT2D eigenvalue weighted by Crippen LogP contribution is 2.44. The summed E-state index contributed by atoms with van der Waals surface area (Å²) in [6.07, 6.45) is 2.90. The quantitative estimate of drug-likeness (QED) is 0.452. The molecule has 2 heterocycles. The second-order valence-electron chi connectivity index (χ2n) is 9.88. The maximum atomic E-state index is 12.8. The Bertz CT molecular complexity index is 1220. The predicted octanol–water partition coefficient (Wildman–Crippen LogP) is 6.81. The molecule has 3 aromatic rings. The zero-order chi connectivity index (χ0) is 23.8. The molecular weight excluding hydrogens is 432 g/mol. The molecule has 5 nitrogen and oxygen atoms in total. The molecule has 1 aliphatic rings. The molecule has 4 rings (SSSR count). The second kappa shape index (κ2) is 9.07. The van der Waals surface area contributed by atoms with Gasteiger partial charge in [0.15, 0.2) is 5.76 Å². The number of aryl methyl sites for hydroxylation is 2. The van der Waals surface area contributed by atoms with Crippen LogP contribution in [0.15, 0.2) is 34.7 Å². The lowest BCUT2D eigenvalue weighted by molar-refractivity contribution is 0.0993. The Hall–Kier alpha value is -3.04. The number of furan rings is 1. The number of amides is 1. The predicted molar refractivity (Wildman–Crippen MR) is 131 cm³/mol. The first kappa shape index (κ1) is 23.1. The largest absolute Gasteiger partial charge is 0.486 e. The molecule has 1 aromatic carbocycles. The Morgan fingerprint density at radius 2 is 2.03 bits per heavy atom. The summed E-state index contributed by atoms with van der Waals surface area (Å²) in [7, 11) is 0. The van der Waals surface area contributed by atoms with Gasteiger partial charge in [-0.3, -0.25) is 4.79 Å². The van der Waals surface area contributed by atoms with E-state index in [2.05, 4.69) is 39.1 Å². The number of hydrogen-bond acceptors (Lipinski definition) is 5. The van der Waals surface area contributed by atoms with Crippen LogP contribution in [0.5, 0.6) is 5.75 Å². The van der Waals surface area contributed by atoms with Gasteiger partial charge in [0.05, 0.1) is 5.56 Å². The molecule has 2 aromatic heterocycles. The number of nitrogens with one attached hydrogen (secondary N) is 1. The maximum Gasteiger partial charge on any atom is 0.292 e. The number of anilines is 1. The van der Waals surface area contributed by atoms with E-state index in [0.717, 1.165) is 36.1 Å². The molecule has 0 fully saturated rings. The standard InChI is InChI=1S/C27H30N2O3S/c1-16-6-8-19(12-17(16)2)31-15-20-9-11-23(32-20)25(30)29-26-22(14-28)21-10-7-18(27(3,4)5)13-24(21)33-26/h6,8-9,11-12,18H,7,10,13,15H2,1-5H3,(H,29,30)/t18-/m0/s1. The van der Waals surface area contributed by atoms with Gasteiger partial charge in [0.25, 0.3) is 5.91 Å². The molecule has 0 saturated carbocycles. The van der Waals surface area contributed by atoms with Crippen molar-refractivity contribution in [2.24, 2.45) is 11.3 Å². The van der Waals surface area contributed by atoms with Crippen molar-refractivity contribution in [3.8, 4) is 11.8 Å². The van der Waals surface area contributed by atoms with Crippen molar-refractivity contribution < 1.29 is 13.9 Å². The Kier molecular flexibility index (Phi) is 6.36. The molecule has 1 N–H and O–H groups in total. The Labute approximate surface area is 199 Å². The van der Waals surface area contributed by atoms with Crippen LogP contribution in [0.4, 0.5) is 5.00 Å². The summed E-state index contributed by atoms with van der Waals surface area (Å²) >= 11 is 1.53. The van der Waals surface area contributed by atoms with E-state index in [1.54, 1.807) is 12.1 Å². The highest BCUT2D eigenvalue weighted by molar-refractivity contribution is 7.16. The summed E-state index contributed by atoms with van der Waals surface area (Å²) in [6, 6.07) is 11.6. The van der Waals surface area contributed by atoms with E-state index >= 15 is 0 Å². The second-order valence-corrected chi connectivity index (χ2v) is 11.0. The van der Waals surface area contributed by atoms with Crippen molar-refractivity contribution in [3.05, 3.63) is 69.0 Å². The fourth-order valence-corrected chi connectivity index (χ4v) is 5.50. The van der Waals surface area contributed by atoms with Crippen LogP contribution in [0, 0.1) is 36.5 Å². The van der Waals surface area contributed by atoms with Gasteiger partial charge in [-0.05, 0) is 85.4 Å². The lowest BCUT2D eigenvalue weighted by Crippen LogP contribution is -2.26. The van der Waals surface area contributed by atoms with Gasteiger partial charge in [-0.2, -0.15) is 5.26 Å². The molecule has 1 aliphatic carbocycles. The molecule has 172 valence electrons. The van der Waals surface area contributed by atoms with E-state index in [9.17, 15) is 10.1 Å². The SMILES string of the molecule is Cc1ccc(OCc2ccc(C(=O)Nc3sc4c(c3C#N)CC[C@H](C(C)(C)C)C4)o2)cc1C. The van der Waals surface area contributed by atoms with Crippen molar-refractivity contribution >= 4 is 22.2 Å². The van der Waals surface area contributed by atoms with Gasteiger partial charge >= 0.3 is 0 Å². The van der Waals surface area contributed by atoms with E-state index in [-0.39, 0.29) is 23.7 Å². The van der Waals surface area contributed by atoms with Crippen LogP contribution in [-0.4, -0.2) is 5.91 Å². The van der Waals surface area contributed by atoms with E-state index in [1.165, 1.54) is 21.8 Å². The third kappa shape index (κ3) is 4.99. The fraction of sp³-hybridized carbons (Fsp3) is 0.407. The van der Waals surface area contributed by atoms with Gasteiger partial charge < -0.3 is 14.5 Å². The number of benzene rings is 1. The monoisotopic (exact) mass is 462 g/mol. The van der Waals surface area contributed by atoms with Crippen LogP contribution in [0.3, 0.4) is 0 Å². The Morgan fingerprint density at radius 1 is 1.24 bits per heavy atom. The van der Waals surface area contributed by atoms with Gasteiger partial charge in [0, 0.05) is 4.88 Å². The minimum atomic E-state index is -0.352.